The van der Waals surface area contributed by atoms with Crippen LogP contribution in [0.3, 0.4) is 0 Å². The van der Waals surface area contributed by atoms with E-state index >= 15 is 0 Å². The predicted octanol–water partition coefficient (Wildman–Crippen LogP) is 2.32. The Balaban J connectivity index is 2.03. The molecule has 2 N–H and O–H groups in total. The normalized spacial score (nSPS) is 29.2. The molecule has 3 heteroatoms. The van der Waals surface area contributed by atoms with Crippen LogP contribution in [0.5, 0.6) is 0 Å². The molecule has 18 heavy (non-hydrogen) atoms. The maximum atomic E-state index is 9.16. The average Bonchev–Trinajstić information content (AvgIpc) is 2.36. The summed E-state index contributed by atoms with van der Waals surface area (Å²) in [5, 5.41) is 12.8. The molecule has 1 aromatic carbocycles. The molecular formula is C15H24N2O. The predicted molar refractivity (Wildman–Crippen MR) is 75.6 cm³/mol. The molecule has 100 valence electrons. The van der Waals surface area contributed by atoms with Crippen LogP contribution in [0.15, 0.2) is 24.3 Å². The van der Waals surface area contributed by atoms with E-state index in [0.29, 0.717) is 18.0 Å². The van der Waals surface area contributed by atoms with Crippen molar-refractivity contribution in [1.29, 1.82) is 0 Å². The van der Waals surface area contributed by atoms with Crippen LogP contribution in [0.25, 0.3) is 0 Å². The zero-order chi connectivity index (χ0) is 13.1. The van der Waals surface area contributed by atoms with Crippen molar-refractivity contribution in [2.24, 2.45) is 5.92 Å². The van der Waals surface area contributed by atoms with E-state index in [1.165, 1.54) is 6.42 Å². The standard InChI is InChI=1S/C15H24N2O/c1-11-9-17(3)12(2)7-15(11)16-14-6-4-5-13(8-14)10-18/h4-6,8,11-12,15-16,18H,7,9-10H2,1-3H3. The van der Waals surface area contributed by atoms with Crippen LogP contribution in [0.1, 0.15) is 25.8 Å². The van der Waals surface area contributed by atoms with Gasteiger partial charge in [-0.2, -0.15) is 0 Å². The van der Waals surface area contributed by atoms with Gasteiger partial charge in [0.25, 0.3) is 0 Å². The smallest absolute Gasteiger partial charge is 0.0682 e. The van der Waals surface area contributed by atoms with Crippen molar-refractivity contribution in [3.05, 3.63) is 29.8 Å². The molecule has 0 aromatic heterocycles. The van der Waals surface area contributed by atoms with Gasteiger partial charge in [-0.3, -0.25) is 0 Å². The zero-order valence-electron chi connectivity index (χ0n) is 11.6. The number of piperidine rings is 1. The highest BCUT2D eigenvalue weighted by Gasteiger charge is 2.28. The van der Waals surface area contributed by atoms with Gasteiger partial charge in [0.05, 0.1) is 6.61 Å². The van der Waals surface area contributed by atoms with Crippen molar-refractivity contribution in [2.45, 2.75) is 39.0 Å². The molecule has 3 unspecified atom stereocenters. The van der Waals surface area contributed by atoms with Gasteiger partial charge in [-0.25, -0.2) is 0 Å². The summed E-state index contributed by atoms with van der Waals surface area (Å²) in [5.74, 6) is 0.643. The Labute approximate surface area is 110 Å². The number of nitrogens with zero attached hydrogens (tertiary/aromatic N) is 1. The summed E-state index contributed by atoms with van der Waals surface area (Å²) in [6.45, 7) is 5.83. The molecule has 1 saturated heterocycles. The number of aliphatic hydroxyl groups excluding tert-OH is 1. The van der Waals surface area contributed by atoms with E-state index in [9.17, 15) is 0 Å². The summed E-state index contributed by atoms with van der Waals surface area (Å²) in [6.07, 6.45) is 1.17. The molecule has 2 rings (SSSR count). The quantitative estimate of drug-likeness (QED) is 0.861. The van der Waals surface area contributed by atoms with Gasteiger partial charge in [0.2, 0.25) is 0 Å². The molecule has 0 amide bonds. The van der Waals surface area contributed by atoms with Gasteiger partial charge in [-0.1, -0.05) is 19.1 Å². The molecule has 1 heterocycles. The fourth-order valence-electron chi connectivity index (χ4n) is 2.72. The summed E-state index contributed by atoms with van der Waals surface area (Å²) < 4.78 is 0. The molecule has 3 nitrogen and oxygen atoms in total. The van der Waals surface area contributed by atoms with Crippen LogP contribution in [-0.2, 0) is 6.61 Å². The van der Waals surface area contributed by atoms with Crippen molar-refractivity contribution < 1.29 is 5.11 Å². The van der Waals surface area contributed by atoms with E-state index in [1.807, 2.05) is 18.2 Å². The lowest BCUT2D eigenvalue weighted by atomic mass is 9.89. The molecule has 1 fully saturated rings. The molecular weight excluding hydrogens is 224 g/mol. The number of hydrogen-bond donors (Lipinski definition) is 2. The van der Waals surface area contributed by atoms with Crippen molar-refractivity contribution in [3.8, 4) is 0 Å². The van der Waals surface area contributed by atoms with Gasteiger partial charge in [-0.15, -0.1) is 0 Å². The van der Waals surface area contributed by atoms with Crippen LogP contribution in [0, 0.1) is 5.92 Å². The highest BCUT2D eigenvalue weighted by molar-refractivity contribution is 5.46. The van der Waals surface area contributed by atoms with Crippen LogP contribution < -0.4 is 5.32 Å². The first-order chi connectivity index (χ1) is 8.60. The lowest BCUT2D eigenvalue weighted by Crippen LogP contribution is -2.48. The van der Waals surface area contributed by atoms with Crippen LogP contribution >= 0.6 is 0 Å². The topological polar surface area (TPSA) is 35.5 Å². The second-order valence-electron chi connectivity index (χ2n) is 5.61. The molecule has 0 bridgehead atoms. The van der Waals surface area contributed by atoms with Gasteiger partial charge in [0.1, 0.15) is 0 Å². The fourth-order valence-corrected chi connectivity index (χ4v) is 2.72. The van der Waals surface area contributed by atoms with Gasteiger partial charge < -0.3 is 15.3 Å². The number of aliphatic hydroxyl groups is 1. The third-order valence-corrected chi connectivity index (χ3v) is 4.07. The average molecular weight is 248 g/mol. The third kappa shape index (κ3) is 3.03. The van der Waals surface area contributed by atoms with Crippen molar-refractivity contribution >= 4 is 5.69 Å². The van der Waals surface area contributed by atoms with Gasteiger partial charge >= 0.3 is 0 Å². The lowest BCUT2D eigenvalue weighted by molar-refractivity contribution is 0.145. The number of anilines is 1. The molecule has 3 atom stereocenters. The fraction of sp³-hybridized carbons (Fsp3) is 0.600. The minimum atomic E-state index is 0.106. The SMILES string of the molecule is CC1CN(C)C(C)CC1Nc1cccc(CO)c1. The summed E-state index contributed by atoms with van der Waals surface area (Å²) in [7, 11) is 2.20. The number of likely N-dealkylation sites (tertiary alicyclic amines) is 1. The van der Waals surface area contributed by atoms with E-state index in [0.717, 1.165) is 17.8 Å². The zero-order valence-corrected chi connectivity index (χ0v) is 11.6. The Hall–Kier alpha value is -1.06. The molecule has 0 radical (unpaired) electrons. The minimum Gasteiger partial charge on any atom is -0.392 e. The van der Waals surface area contributed by atoms with Crippen molar-refractivity contribution in [3.63, 3.8) is 0 Å². The summed E-state index contributed by atoms with van der Waals surface area (Å²) in [4.78, 5) is 2.42. The number of rotatable bonds is 3. The number of hydrogen-bond acceptors (Lipinski definition) is 3. The highest BCUT2D eigenvalue weighted by atomic mass is 16.3. The van der Waals surface area contributed by atoms with E-state index in [2.05, 4.69) is 37.2 Å². The van der Waals surface area contributed by atoms with E-state index in [4.69, 9.17) is 5.11 Å². The van der Waals surface area contributed by atoms with E-state index < -0.39 is 0 Å². The maximum absolute atomic E-state index is 9.16. The highest BCUT2D eigenvalue weighted by Crippen LogP contribution is 2.24. The lowest BCUT2D eigenvalue weighted by Gasteiger charge is -2.40. The van der Waals surface area contributed by atoms with Gasteiger partial charge in [0.15, 0.2) is 0 Å². The van der Waals surface area contributed by atoms with Crippen LogP contribution in [0.4, 0.5) is 5.69 Å². The molecule has 1 aliphatic rings. The Morgan fingerprint density at radius 2 is 2.17 bits per heavy atom. The summed E-state index contributed by atoms with van der Waals surface area (Å²) in [6, 6.07) is 9.21. The Morgan fingerprint density at radius 1 is 1.39 bits per heavy atom. The number of benzene rings is 1. The summed E-state index contributed by atoms with van der Waals surface area (Å²) >= 11 is 0. The van der Waals surface area contributed by atoms with E-state index in [-0.39, 0.29) is 6.61 Å². The van der Waals surface area contributed by atoms with Crippen molar-refractivity contribution in [2.75, 3.05) is 18.9 Å². The molecule has 0 spiro atoms. The molecule has 1 aromatic rings. The first kappa shape index (κ1) is 13.4. The second-order valence-corrected chi connectivity index (χ2v) is 5.61. The van der Waals surface area contributed by atoms with Gasteiger partial charge in [0, 0.05) is 24.3 Å². The molecule has 1 aliphatic heterocycles. The Kier molecular flexibility index (Phi) is 4.25. The Bertz CT molecular complexity index is 394. The molecule has 0 saturated carbocycles. The largest absolute Gasteiger partial charge is 0.392 e. The second kappa shape index (κ2) is 5.72. The minimum absolute atomic E-state index is 0.106. The molecule has 0 aliphatic carbocycles. The first-order valence-corrected chi connectivity index (χ1v) is 6.76. The van der Waals surface area contributed by atoms with E-state index in [1.54, 1.807) is 0 Å². The summed E-state index contributed by atoms with van der Waals surface area (Å²) in [5.41, 5.74) is 2.09. The monoisotopic (exact) mass is 248 g/mol. The van der Waals surface area contributed by atoms with Crippen LogP contribution in [-0.4, -0.2) is 35.7 Å². The van der Waals surface area contributed by atoms with Gasteiger partial charge in [-0.05, 0) is 44.0 Å². The Morgan fingerprint density at radius 3 is 2.89 bits per heavy atom. The number of nitrogens with one attached hydrogen (secondary N) is 1. The third-order valence-electron chi connectivity index (χ3n) is 4.07. The maximum Gasteiger partial charge on any atom is 0.0682 e. The van der Waals surface area contributed by atoms with Crippen LogP contribution in [0.2, 0.25) is 0 Å². The van der Waals surface area contributed by atoms with Crippen molar-refractivity contribution in [1.82, 2.24) is 4.90 Å². The first-order valence-electron chi connectivity index (χ1n) is 6.76.